The second-order valence-electron chi connectivity index (χ2n) is 11.8. The Bertz CT molecular complexity index is 2100. The monoisotopic (exact) mass is 706 g/mol. The van der Waals surface area contributed by atoms with Crippen molar-refractivity contribution in [1.29, 1.82) is 5.26 Å². The zero-order chi connectivity index (χ0) is 35.8. The average molecular weight is 707 g/mol. The minimum absolute atomic E-state index is 0.000517. The van der Waals surface area contributed by atoms with Crippen molar-refractivity contribution < 1.29 is 35.9 Å². The highest BCUT2D eigenvalue weighted by Crippen LogP contribution is 2.49. The Hall–Kier alpha value is -5.17. The molecule has 11 nitrogen and oxygen atoms in total. The normalized spacial score (nSPS) is 17.8. The molecule has 1 saturated heterocycles. The lowest BCUT2D eigenvalue weighted by Gasteiger charge is -2.34. The molecule has 2 aliphatic heterocycles. The van der Waals surface area contributed by atoms with Crippen LogP contribution in [-0.2, 0) is 26.9 Å². The number of nitrogens with zero attached hydrogens (tertiary/aromatic N) is 5. The number of piperazine rings is 1. The van der Waals surface area contributed by atoms with E-state index in [1.54, 1.807) is 6.92 Å². The minimum Gasteiger partial charge on any atom is -0.491 e. The van der Waals surface area contributed by atoms with Crippen molar-refractivity contribution in [3.63, 3.8) is 0 Å². The molecular formula is C35H33F3N6O5S. The summed E-state index contributed by atoms with van der Waals surface area (Å²) in [6, 6.07) is 16.8. The number of sulfonamides is 1. The van der Waals surface area contributed by atoms with Crippen molar-refractivity contribution in [2.75, 3.05) is 56.1 Å². The highest BCUT2D eigenvalue weighted by atomic mass is 32.2. The van der Waals surface area contributed by atoms with Crippen LogP contribution >= 0.6 is 0 Å². The molecule has 15 heteroatoms. The smallest absolute Gasteiger partial charge is 0.274 e. The third-order valence-corrected chi connectivity index (χ3v) is 10.6. The van der Waals surface area contributed by atoms with Crippen molar-refractivity contribution in [3.8, 4) is 17.7 Å². The highest BCUT2D eigenvalue weighted by Gasteiger charge is 2.58. The van der Waals surface area contributed by atoms with E-state index >= 15 is 4.39 Å². The van der Waals surface area contributed by atoms with Gasteiger partial charge in [-0.1, -0.05) is 12.1 Å². The predicted octanol–water partition coefficient (Wildman–Crippen LogP) is 4.30. The molecule has 6 rings (SSSR count). The van der Waals surface area contributed by atoms with Crippen molar-refractivity contribution in [3.05, 3.63) is 107 Å². The van der Waals surface area contributed by atoms with Crippen LogP contribution in [0.25, 0.3) is 0 Å². The average Bonchev–Trinajstić information content (AvgIpc) is 3.37. The Labute approximate surface area is 287 Å². The number of amides is 1. The maximum absolute atomic E-state index is 15.4. The summed E-state index contributed by atoms with van der Waals surface area (Å²) >= 11 is 0. The summed E-state index contributed by atoms with van der Waals surface area (Å²) in [6.45, 7) is 5.39. The number of ether oxygens (including phenoxy) is 2. The summed E-state index contributed by atoms with van der Waals surface area (Å²) in [5.41, 5.74) is -0.444. The number of benzene rings is 3. The van der Waals surface area contributed by atoms with Gasteiger partial charge in [0.25, 0.3) is 15.9 Å². The molecule has 4 aromatic rings. The topological polar surface area (TPSA) is 128 Å². The zero-order valence-corrected chi connectivity index (χ0v) is 28.2. The van der Waals surface area contributed by atoms with Crippen LogP contribution in [0.5, 0.6) is 11.6 Å². The van der Waals surface area contributed by atoms with Crippen LogP contribution in [0.4, 0.5) is 24.5 Å². The second-order valence-corrected chi connectivity index (χ2v) is 13.5. The third kappa shape index (κ3) is 5.78. The molecule has 0 saturated carbocycles. The van der Waals surface area contributed by atoms with Gasteiger partial charge in [-0.05, 0) is 62.0 Å². The first-order chi connectivity index (χ1) is 24.0. The van der Waals surface area contributed by atoms with Gasteiger partial charge in [-0.3, -0.25) is 10.1 Å². The number of anilines is 2. The molecule has 1 unspecified atom stereocenters. The number of rotatable bonds is 10. The highest BCUT2D eigenvalue weighted by molar-refractivity contribution is 7.93. The Balaban J connectivity index is 1.50. The fraction of sp³-hybridized carbons (Fsp3) is 0.286. The van der Waals surface area contributed by atoms with Gasteiger partial charge in [-0.2, -0.15) is 9.65 Å². The van der Waals surface area contributed by atoms with Crippen molar-refractivity contribution in [2.24, 2.45) is 0 Å². The molecule has 0 bridgehead atoms. The number of hydrogen-bond donors (Lipinski definition) is 1. The molecule has 260 valence electrons. The molecule has 1 N–H and O–H groups in total. The van der Waals surface area contributed by atoms with Crippen molar-refractivity contribution in [1.82, 2.24) is 15.2 Å². The minimum atomic E-state index is -5.35. The lowest BCUT2D eigenvalue weighted by Crippen LogP contribution is -2.52. The van der Waals surface area contributed by atoms with Gasteiger partial charge in [0.15, 0.2) is 22.9 Å². The largest absolute Gasteiger partial charge is 0.491 e. The van der Waals surface area contributed by atoms with Crippen LogP contribution in [0.2, 0.25) is 0 Å². The molecule has 1 atom stereocenters. The van der Waals surface area contributed by atoms with E-state index in [1.807, 2.05) is 30.3 Å². The number of pyridine rings is 1. The van der Waals surface area contributed by atoms with E-state index in [-0.39, 0.29) is 47.5 Å². The number of nitrogens with one attached hydrogen (secondary N) is 1. The molecule has 3 heterocycles. The number of halogens is 3. The SMILES string of the molecule is CCOc1ncccc1C1(NCc2ccc(N3CCN(C)CC3)cc2)C(=O)N(S(=O)(=O)c2cc(F)c(OC)c(F)c2F)c2ccc(C#N)cc21. The van der Waals surface area contributed by atoms with Gasteiger partial charge in [0.1, 0.15) is 4.90 Å². The first-order valence-electron chi connectivity index (χ1n) is 15.7. The second kappa shape index (κ2) is 13.6. The molecular weight excluding hydrogens is 673 g/mol. The molecule has 0 aliphatic carbocycles. The summed E-state index contributed by atoms with van der Waals surface area (Å²) in [5, 5.41) is 13.1. The number of hydrogen-bond acceptors (Lipinski definition) is 10. The van der Waals surface area contributed by atoms with E-state index in [4.69, 9.17) is 4.74 Å². The predicted molar refractivity (Wildman–Crippen MR) is 178 cm³/mol. The first kappa shape index (κ1) is 34.7. The van der Waals surface area contributed by atoms with Gasteiger partial charge in [0.05, 0.1) is 31.0 Å². The van der Waals surface area contributed by atoms with E-state index in [0.29, 0.717) is 4.31 Å². The summed E-state index contributed by atoms with van der Waals surface area (Å²) in [7, 11) is -2.39. The Morgan fingerprint density at radius 2 is 1.72 bits per heavy atom. The number of likely N-dealkylation sites (N-methyl/N-ethyl adjacent to an activating group) is 1. The molecule has 0 radical (unpaired) electrons. The fourth-order valence-corrected chi connectivity index (χ4v) is 7.85. The van der Waals surface area contributed by atoms with Crippen LogP contribution in [0.15, 0.2) is 71.8 Å². The molecule has 0 spiro atoms. The van der Waals surface area contributed by atoms with Crippen molar-refractivity contribution >= 4 is 27.3 Å². The van der Waals surface area contributed by atoms with Crippen LogP contribution < -0.4 is 24.0 Å². The van der Waals surface area contributed by atoms with Gasteiger partial charge >= 0.3 is 0 Å². The summed E-state index contributed by atoms with van der Waals surface area (Å²) in [4.78, 5) is 22.3. The van der Waals surface area contributed by atoms with E-state index in [1.165, 1.54) is 36.5 Å². The third-order valence-electron chi connectivity index (χ3n) is 8.88. The van der Waals surface area contributed by atoms with Gasteiger partial charge in [0, 0.05) is 61.8 Å². The summed E-state index contributed by atoms with van der Waals surface area (Å²) < 4.78 is 84.3. The van der Waals surface area contributed by atoms with E-state index in [9.17, 15) is 27.3 Å². The summed E-state index contributed by atoms with van der Waals surface area (Å²) in [5.74, 6) is -7.61. The molecule has 1 amide bonds. The molecule has 2 aliphatic rings. The molecule has 50 heavy (non-hydrogen) atoms. The van der Waals surface area contributed by atoms with Gasteiger partial charge in [-0.15, -0.1) is 0 Å². The Kier molecular flexibility index (Phi) is 9.45. The van der Waals surface area contributed by atoms with Crippen LogP contribution in [0.3, 0.4) is 0 Å². The standard InChI is InChI=1S/C35H33F3N6O5S/c1-4-49-33-25(6-5-13-40-33)35(41-21-22-7-10-24(11-8-22)43-16-14-42(2)15-17-43)26-18-23(20-39)9-12-28(26)44(34(35)45)50(46,47)29-19-27(36)32(48-3)31(38)30(29)37/h5-13,18-19,41H,4,14-17,21H2,1-3H3. The maximum atomic E-state index is 15.4. The van der Waals surface area contributed by atoms with Crippen LogP contribution in [0, 0.1) is 28.8 Å². The van der Waals surface area contributed by atoms with Crippen LogP contribution in [-0.4, -0.2) is 71.2 Å². The molecule has 1 fully saturated rings. The van der Waals surface area contributed by atoms with Gasteiger partial charge < -0.3 is 19.3 Å². The van der Waals surface area contributed by atoms with Gasteiger partial charge in [0.2, 0.25) is 11.7 Å². The maximum Gasteiger partial charge on any atom is 0.274 e. The number of nitriles is 1. The number of methoxy groups -OCH3 is 1. The lowest BCUT2D eigenvalue weighted by molar-refractivity contribution is -0.121. The summed E-state index contributed by atoms with van der Waals surface area (Å²) in [6.07, 6.45) is 1.43. The Morgan fingerprint density at radius 3 is 2.38 bits per heavy atom. The fourth-order valence-electron chi connectivity index (χ4n) is 6.31. The van der Waals surface area contributed by atoms with Gasteiger partial charge in [-0.25, -0.2) is 26.5 Å². The molecule has 1 aromatic heterocycles. The number of carbonyl (C=O) groups excluding carboxylic acids is 1. The molecule has 3 aromatic carbocycles. The number of fused-ring (bicyclic) bond motifs is 1. The van der Waals surface area contributed by atoms with E-state index < -0.39 is 49.6 Å². The lowest BCUT2D eigenvalue weighted by atomic mass is 9.83. The quantitative estimate of drug-likeness (QED) is 0.239. The number of aromatic nitrogens is 1. The van der Waals surface area contributed by atoms with Crippen molar-refractivity contribution in [2.45, 2.75) is 23.9 Å². The zero-order valence-electron chi connectivity index (χ0n) is 27.4. The van der Waals surface area contributed by atoms with E-state index in [2.05, 4.69) is 31.9 Å². The van der Waals surface area contributed by atoms with E-state index in [0.717, 1.165) is 44.5 Å². The van der Waals surface area contributed by atoms with Crippen LogP contribution in [0.1, 0.15) is 29.2 Å². The number of carbonyl (C=O) groups is 1. The Morgan fingerprint density at radius 1 is 1.00 bits per heavy atom. The first-order valence-corrected chi connectivity index (χ1v) is 17.1.